The van der Waals surface area contributed by atoms with Gasteiger partial charge in [-0.15, -0.1) is 0 Å². The van der Waals surface area contributed by atoms with Crippen LogP contribution in [0.1, 0.15) is 39.8 Å². The van der Waals surface area contributed by atoms with E-state index in [-0.39, 0.29) is 11.7 Å². The van der Waals surface area contributed by atoms with Gasteiger partial charge in [0.25, 0.3) is 5.91 Å². The summed E-state index contributed by atoms with van der Waals surface area (Å²) in [5, 5.41) is 2.77. The maximum absolute atomic E-state index is 13.0. The number of rotatable bonds is 3. The molecular formula is C21H20FN3O. The molecule has 0 fully saturated rings. The molecule has 3 aromatic rings. The molecule has 0 spiro atoms. The maximum atomic E-state index is 13.0. The highest BCUT2D eigenvalue weighted by atomic mass is 19.1. The third-order valence-electron chi connectivity index (χ3n) is 4.96. The lowest BCUT2D eigenvalue weighted by Gasteiger charge is -2.25. The zero-order valence-corrected chi connectivity index (χ0v) is 14.6. The van der Waals surface area contributed by atoms with Gasteiger partial charge in [-0.3, -0.25) is 4.79 Å². The summed E-state index contributed by atoms with van der Waals surface area (Å²) in [7, 11) is 0. The van der Waals surface area contributed by atoms with Crippen molar-refractivity contribution in [3.63, 3.8) is 0 Å². The van der Waals surface area contributed by atoms with Crippen LogP contribution in [0.2, 0.25) is 0 Å². The van der Waals surface area contributed by atoms with Gasteiger partial charge in [0.05, 0.1) is 0 Å². The Balaban J connectivity index is 1.51. The number of imidazole rings is 1. The lowest BCUT2D eigenvalue weighted by atomic mass is 9.89. The quantitative estimate of drug-likeness (QED) is 0.766. The van der Waals surface area contributed by atoms with E-state index in [1.54, 1.807) is 0 Å². The summed E-state index contributed by atoms with van der Waals surface area (Å²) in [5.74, 6) is 0.777. The zero-order chi connectivity index (χ0) is 18.1. The van der Waals surface area contributed by atoms with Crippen LogP contribution in [0, 0.1) is 12.7 Å². The Morgan fingerprint density at radius 1 is 1.19 bits per heavy atom. The molecule has 0 unspecified atom stereocenters. The van der Waals surface area contributed by atoms with E-state index in [1.165, 1.54) is 35.4 Å². The lowest BCUT2D eigenvalue weighted by Crippen LogP contribution is -2.19. The molecule has 1 N–H and O–H groups in total. The summed E-state index contributed by atoms with van der Waals surface area (Å²) in [4.78, 5) is 16.9. The normalized spacial score (nSPS) is 16.2. The number of aryl methyl sites for hydroxylation is 2. The number of carbonyl (C=O) groups is 1. The first-order chi connectivity index (χ1) is 12.6. The molecule has 0 saturated heterocycles. The van der Waals surface area contributed by atoms with E-state index in [9.17, 15) is 9.18 Å². The Bertz CT molecular complexity index is 946. The lowest BCUT2D eigenvalue weighted by molar-refractivity contribution is 0.102. The Hall–Kier alpha value is -2.95. The summed E-state index contributed by atoms with van der Waals surface area (Å²) >= 11 is 0. The van der Waals surface area contributed by atoms with Crippen molar-refractivity contribution < 1.29 is 9.18 Å². The van der Waals surface area contributed by atoms with Gasteiger partial charge in [-0.1, -0.05) is 24.3 Å². The number of carbonyl (C=O) groups excluding carboxylic acids is 1. The molecule has 2 aromatic carbocycles. The highest BCUT2D eigenvalue weighted by Gasteiger charge is 2.24. The second-order valence-electron chi connectivity index (χ2n) is 6.75. The fraction of sp³-hybridized carbons (Fsp3) is 0.238. The second kappa shape index (κ2) is 6.75. The molecule has 1 aliphatic heterocycles. The molecule has 0 radical (unpaired) electrons. The van der Waals surface area contributed by atoms with Crippen LogP contribution in [0.15, 0.2) is 54.7 Å². The topological polar surface area (TPSA) is 46.9 Å². The van der Waals surface area contributed by atoms with Crippen molar-refractivity contribution in [3.8, 4) is 0 Å². The molecular weight excluding hydrogens is 329 g/mol. The molecule has 2 heterocycles. The van der Waals surface area contributed by atoms with Gasteiger partial charge in [0.2, 0.25) is 0 Å². The van der Waals surface area contributed by atoms with E-state index < -0.39 is 0 Å². The van der Waals surface area contributed by atoms with Crippen molar-refractivity contribution in [2.45, 2.75) is 32.2 Å². The van der Waals surface area contributed by atoms with Crippen LogP contribution in [-0.4, -0.2) is 15.5 Å². The molecule has 1 aliphatic rings. The highest BCUT2D eigenvalue weighted by Crippen LogP contribution is 2.30. The molecule has 0 aliphatic carbocycles. The van der Waals surface area contributed by atoms with Gasteiger partial charge >= 0.3 is 0 Å². The van der Waals surface area contributed by atoms with Crippen LogP contribution in [0.25, 0.3) is 0 Å². The summed E-state index contributed by atoms with van der Waals surface area (Å²) in [6.45, 7) is 2.97. The van der Waals surface area contributed by atoms with E-state index >= 15 is 0 Å². The van der Waals surface area contributed by atoms with Gasteiger partial charge < -0.3 is 9.88 Å². The molecule has 1 aromatic heterocycles. The number of amides is 1. The Morgan fingerprint density at radius 2 is 1.96 bits per heavy atom. The van der Waals surface area contributed by atoms with Crippen LogP contribution in [0.5, 0.6) is 0 Å². The van der Waals surface area contributed by atoms with Crippen LogP contribution in [0.3, 0.4) is 0 Å². The molecule has 1 amide bonds. The minimum atomic E-state index is -0.331. The van der Waals surface area contributed by atoms with Crippen molar-refractivity contribution in [1.82, 2.24) is 9.55 Å². The van der Waals surface area contributed by atoms with Gasteiger partial charge in [-0.05, 0) is 48.7 Å². The first-order valence-corrected chi connectivity index (χ1v) is 8.78. The molecule has 0 bridgehead atoms. The predicted octanol–water partition coefficient (Wildman–Crippen LogP) is 4.31. The number of halogens is 1. The van der Waals surface area contributed by atoms with Gasteiger partial charge in [0.15, 0.2) is 0 Å². The Kier molecular flexibility index (Phi) is 4.29. The minimum Gasteiger partial charge on any atom is -0.333 e. The number of nitrogens with zero attached hydrogens (tertiary/aromatic N) is 2. The maximum Gasteiger partial charge on any atom is 0.275 e. The fourth-order valence-corrected chi connectivity index (χ4v) is 3.58. The van der Waals surface area contributed by atoms with Crippen LogP contribution < -0.4 is 5.32 Å². The molecule has 26 heavy (non-hydrogen) atoms. The number of hydrogen-bond donors (Lipinski definition) is 1. The van der Waals surface area contributed by atoms with Crippen LogP contribution >= 0.6 is 0 Å². The number of anilines is 1. The van der Waals surface area contributed by atoms with Crippen LogP contribution in [0.4, 0.5) is 10.1 Å². The summed E-state index contributed by atoms with van der Waals surface area (Å²) in [5.41, 5.74) is 3.62. The van der Waals surface area contributed by atoms with E-state index in [0.29, 0.717) is 17.3 Å². The average molecular weight is 349 g/mol. The van der Waals surface area contributed by atoms with Gasteiger partial charge in [-0.25, -0.2) is 9.37 Å². The third kappa shape index (κ3) is 3.25. The summed E-state index contributed by atoms with van der Waals surface area (Å²) < 4.78 is 15.1. The average Bonchev–Trinajstić information content (AvgIpc) is 3.07. The number of benzene rings is 2. The smallest absolute Gasteiger partial charge is 0.275 e. The summed E-state index contributed by atoms with van der Waals surface area (Å²) in [6.07, 6.45) is 3.70. The summed E-state index contributed by atoms with van der Waals surface area (Å²) in [6, 6.07) is 14.2. The molecule has 4 nitrogen and oxygen atoms in total. The third-order valence-corrected chi connectivity index (χ3v) is 4.96. The molecule has 132 valence electrons. The number of hydrogen-bond acceptors (Lipinski definition) is 2. The van der Waals surface area contributed by atoms with Gasteiger partial charge in [0.1, 0.15) is 17.3 Å². The van der Waals surface area contributed by atoms with Gasteiger partial charge in [0, 0.05) is 30.8 Å². The van der Waals surface area contributed by atoms with Crippen molar-refractivity contribution in [3.05, 3.63) is 83.2 Å². The van der Waals surface area contributed by atoms with E-state index in [1.807, 2.05) is 6.20 Å². The van der Waals surface area contributed by atoms with Crippen molar-refractivity contribution in [2.24, 2.45) is 0 Å². The molecule has 5 heteroatoms. The highest BCUT2D eigenvalue weighted by molar-refractivity contribution is 6.02. The van der Waals surface area contributed by atoms with Gasteiger partial charge in [-0.2, -0.15) is 0 Å². The van der Waals surface area contributed by atoms with E-state index in [2.05, 4.69) is 46.1 Å². The SMILES string of the molecule is Cc1ccccc1[C@@H]1CCc2nc(C(=O)Nc3ccc(F)cc3)cn2C1. The van der Waals surface area contributed by atoms with Crippen molar-refractivity contribution in [1.29, 1.82) is 0 Å². The number of fused-ring (bicyclic) bond motifs is 1. The Labute approximate surface area is 151 Å². The van der Waals surface area contributed by atoms with E-state index in [0.717, 1.165) is 25.2 Å². The fourth-order valence-electron chi connectivity index (χ4n) is 3.58. The zero-order valence-electron chi connectivity index (χ0n) is 14.6. The van der Waals surface area contributed by atoms with Crippen molar-refractivity contribution >= 4 is 11.6 Å². The van der Waals surface area contributed by atoms with E-state index in [4.69, 9.17) is 0 Å². The largest absolute Gasteiger partial charge is 0.333 e. The molecule has 4 rings (SSSR count). The first-order valence-electron chi connectivity index (χ1n) is 8.78. The number of aromatic nitrogens is 2. The second-order valence-corrected chi connectivity index (χ2v) is 6.75. The minimum absolute atomic E-state index is 0.272. The number of nitrogens with one attached hydrogen (secondary N) is 1. The molecule has 1 atom stereocenters. The van der Waals surface area contributed by atoms with Crippen molar-refractivity contribution in [2.75, 3.05) is 5.32 Å². The molecule has 0 saturated carbocycles. The first kappa shape index (κ1) is 16.5. The predicted molar refractivity (Wildman–Crippen MR) is 98.8 cm³/mol. The standard InChI is InChI=1S/C21H20FN3O/c1-14-4-2-3-5-18(14)15-6-11-20-24-19(13-25(20)12-15)21(26)23-17-9-7-16(22)8-10-17/h2-5,7-10,13,15H,6,11-12H2,1H3,(H,23,26)/t15-/m1/s1. The van der Waals surface area contributed by atoms with Crippen LogP contribution in [-0.2, 0) is 13.0 Å². The monoisotopic (exact) mass is 349 g/mol. The Morgan fingerprint density at radius 3 is 2.73 bits per heavy atom.